The van der Waals surface area contributed by atoms with Crippen molar-refractivity contribution in [3.8, 4) is 6.01 Å². The first-order valence-corrected chi connectivity index (χ1v) is 17.6. The lowest BCUT2D eigenvalue weighted by Crippen LogP contribution is -2.56. The number of aromatic nitrogens is 2. The molecule has 0 saturated carbocycles. The van der Waals surface area contributed by atoms with E-state index in [-0.39, 0.29) is 24.4 Å². The number of H-pyrrole nitrogens is 1. The van der Waals surface area contributed by atoms with Crippen molar-refractivity contribution in [2.45, 2.75) is 63.6 Å². The second kappa shape index (κ2) is 14.6. The molecule has 1 atom stereocenters. The summed E-state index contributed by atoms with van der Waals surface area (Å²) in [4.78, 5) is 56.5. The average Bonchev–Trinajstić information content (AvgIpc) is 3.48. The lowest BCUT2D eigenvalue weighted by Gasteiger charge is -2.41. The van der Waals surface area contributed by atoms with Gasteiger partial charge in [-0.05, 0) is 67.9 Å². The van der Waals surface area contributed by atoms with E-state index in [1.54, 1.807) is 12.0 Å². The summed E-state index contributed by atoms with van der Waals surface area (Å²) < 4.78 is 17.0. The zero-order valence-electron chi connectivity index (χ0n) is 28.5. The van der Waals surface area contributed by atoms with Crippen LogP contribution in [0.15, 0.2) is 36.4 Å². The maximum Gasteiger partial charge on any atom is 0.410 e. The van der Waals surface area contributed by atoms with Crippen LogP contribution in [-0.2, 0) is 27.1 Å². The second-order valence-corrected chi connectivity index (χ2v) is 13.6. The number of piperidine rings is 1. The molecular formula is C36H47N7O6. The highest BCUT2D eigenvalue weighted by Crippen LogP contribution is 2.27. The van der Waals surface area contributed by atoms with E-state index in [9.17, 15) is 14.4 Å². The van der Waals surface area contributed by atoms with Gasteiger partial charge in [0, 0.05) is 83.2 Å². The van der Waals surface area contributed by atoms with Crippen LogP contribution in [0.5, 0.6) is 6.01 Å². The third kappa shape index (κ3) is 7.32. The number of hydrogen-bond donors (Lipinski definition) is 2. The van der Waals surface area contributed by atoms with E-state index in [0.29, 0.717) is 57.6 Å². The SMILES string of the molecule is COc1nc2cc(C[C@@H](OC(=O)N3CCC(N4CCc5ccccc5NC4=O)CC3)C(=O)N3CCN(C4CCOCC4)CC3)cc(C)c2[nH]1. The number of nitrogens with zero attached hydrogens (tertiary/aromatic N) is 5. The zero-order chi connectivity index (χ0) is 33.9. The molecule has 0 unspecified atom stereocenters. The van der Waals surface area contributed by atoms with E-state index < -0.39 is 12.2 Å². The van der Waals surface area contributed by atoms with Gasteiger partial charge in [-0.3, -0.25) is 9.69 Å². The number of aromatic amines is 1. The highest BCUT2D eigenvalue weighted by atomic mass is 16.6. The first-order valence-electron chi connectivity index (χ1n) is 17.6. The molecular weight excluding hydrogens is 626 g/mol. The Morgan fingerprint density at radius 3 is 2.47 bits per heavy atom. The number of aryl methyl sites for hydroxylation is 1. The minimum Gasteiger partial charge on any atom is -0.468 e. The van der Waals surface area contributed by atoms with Crippen LogP contribution in [0.2, 0.25) is 0 Å². The number of carbonyl (C=O) groups excluding carboxylic acids is 3. The van der Waals surface area contributed by atoms with Gasteiger partial charge in [0.1, 0.15) is 0 Å². The quantitative estimate of drug-likeness (QED) is 0.387. The molecule has 3 fully saturated rings. The normalized spacial score (nSPS) is 20.4. The van der Waals surface area contributed by atoms with Crippen molar-refractivity contribution in [3.05, 3.63) is 53.1 Å². The standard InChI is InChI=1S/C36H47N7O6/c1-24-21-25(22-30-32(24)39-34(37-30)47-2)23-31(33(44)41-17-15-40(16-18-41)27-10-19-48-20-11-27)49-36(46)42-12-8-28(9-13-42)43-14-7-26-5-3-4-6-29(26)38-35(43)45/h3-6,21-22,27-28,31H,7-20,23H2,1-2H3,(H,37,39)(H,38,45)/t31-/m1/s1. The molecule has 0 bridgehead atoms. The number of carbonyl (C=O) groups is 3. The van der Waals surface area contributed by atoms with Crippen molar-refractivity contribution in [2.24, 2.45) is 0 Å². The van der Waals surface area contributed by atoms with Crippen molar-refractivity contribution in [3.63, 3.8) is 0 Å². The maximum atomic E-state index is 14.1. The molecule has 2 aromatic carbocycles. The van der Waals surface area contributed by atoms with Crippen LogP contribution in [0.4, 0.5) is 15.3 Å². The van der Waals surface area contributed by atoms with Crippen LogP contribution < -0.4 is 10.1 Å². The van der Waals surface area contributed by atoms with Crippen LogP contribution in [0, 0.1) is 6.92 Å². The summed E-state index contributed by atoms with van der Waals surface area (Å²) >= 11 is 0. The topological polar surface area (TPSA) is 133 Å². The Morgan fingerprint density at radius 1 is 0.959 bits per heavy atom. The van der Waals surface area contributed by atoms with E-state index in [1.165, 1.54) is 0 Å². The molecule has 0 spiro atoms. The molecule has 13 nitrogen and oxygen atoms in total. The monoisotopic (exact) mass is 673 g/mol. The Morgan fingerprint density at radius 2 is 1.71 bits per heavy atom. The number of amides is 4. The van der Waals surface area contributed by atoms with Crippen LogP contribution in [-0.4, -0.2) is 132 Å². The number of nitrogens with one attached hydrogen (secondary N) is 2. The number of urea groups is 1. The molecule has 13 heteroatoms. The number of imidazole rings is 1. The number of para-hydroxylation sites is 1. The minimum absolute atomic E-state index is 0.0170. The molecule has 1 aromatic heterocycles. The number of anilines is 1. The van der Waals surface area contributed by atoms with Gasteiger partial charge < -0.3 is 39.2 Å². The molecule has 2 N–H and O–H groups in total. The highest BCUT2D eigenvalue weighted by molar-refractivity contribution is 5.91. The first-order chi connectivity index (χ1) is 23.9. The molecule has 0 radical (unpaired) electrons. The fraction of sp³-hybridized carbons (Fsp3) is 0.556. The molecule has 4 amide bonds. The maximum absolute atomic E-state index is 14.1. The van der Waals surface area contributed by atoms with Crippen LogP contribution in [0.1, 0.15) is 42.4 Å². The number of fused-ring (bicyclic) bond motifs is 2. The van der Waals surface area contributed by atoms with E-state index >= 15 is 0 Å². The van der Waals surface area contributed by atoms with Crippen molar-refractivity contribution >= 4 is 34.8 Å². The Kier molecular flexibility index (Phi) is 9.90. The molecule has 4 aliphatic rings. The van der Waals surface area contributed by atoms with Crippen LogP contribution >= 0.6 is 0 Å². The number of benzene rings is 2. The van der Waals surface area contributed by atoms with Gasteiger partial charge in [0.2, 0.25) is 0 Å². The summed E-state index contributed by atoms with van der Waals surface area (Å²) in [7, 11) is 1.56. The number of rotatable bonds is 7. The lowest BCUT2D eigenvalue weighted by atomic mass is 10.0. The Balaban J connectivity index is 1.02. The van der Waals surface area contributed by atoms with Crippen molar-refractivity contribution in [1.29, 1.82) is 0 Å². The molecule has 262 valence electrons. The second-order valence-electron chi connectivity index (χ2n) is 13.6. The lowest BCUT2D eigenvalue weighted by molar-refractivity contribution is -0.143. The summed E-state index contributed by atoms with van der Waals surface area (Å²) in [5.41, 5.74) is 5.41. The van der Waals surface area contributed by atoms with Crippen LogP contribution in [0.25, 0.3) is 11.0 Å². The zero-order valence-corrected chi connectivity index (χ0v) is 28.5. The fourth-order valence-corrected chi connectivity index (χ4v) is 7.80. The van der Waals surface area contributed by atoms with Gasteiger partial charge in [0.15, 0.2) is 6.10 Å². The van der Waals surface area contributed by atoms with Crippen molar-refractivity contribution in [2.75, 3.05) is 71.5 Å². The number of methoxy groups -OCH3 is 1. The number of hydrogen-bond acceptors (Lipinski definition) is 8. The predicted molar refractivity (Wildman–Crippen MR) is 184 cm³/mol. The molecule has 3 aromatic rings. The third-order valence-electron chi connectivity index (χ3n) is 10.6. The van der Waals surface area contributed by atoms with Crippen LogP contribution in [0.3, 0.4) is 0 Å². The van der Waals surface area contributed by atoms with Gasteiger partial charge >= 0.3 is 12.1 Å². The first kappa shape index (κ1) is 33.2. The van der Waals surface area contributed by atoms with E-state index in [1.807, 2.05) is 53.1 Å². The van der Waals surface area contributed by atoms with Gasteiger partial charge in [-0.25, -0.2) is 9.59 Å². The summed E-state index contributed by atoms with van der Waals surface area (Å²) in [6, 6.07) is 12.7. The smallest absolute Gasteiger partial charge is 0.410 e. The molecule has 7 rings (SSSR count). The van der Waals surface area contributed by atoms with E-state index in [2.05, 4.69) is 20.2 Å². The fourth-order valence-electron chi connectivity index (χ4n) is 7.80. The summed E-state index contributed by atoms with van der Waals surface area (Å²) in [6.45, 7) is 7.82. The van der Waals surface area contributed by atoms with Crippen molar-refractivity contribution < 1.29 is 28.6 Å². The molecule has 3 saturated heterocycles. The summed E-state index contributed by atoms with van der Waals surface area (Å²) in [5.74, 6) is -0.173. The number of likely N-dealkylation sites (tertiary alicyclic amines) is 1. The average molecular weight is 674 g/mol. The van der Waals surface area contributed by atoms with Gasteiger partial charge in [-0.15, -0.1) is 0 Å². The van der Waals surface area contributed by atoms with Crippen molar-refractivity contribution in [1.82, 2.24) is 29.6 Å². The Bertz CT molecular complexity index is 1660. The largest absolute Gasteiger partial charge is 0.468 e. The van der Waals surface area contributed by atoms with E-state index in [0.717, 1.165) is 79.0 Å². The molecule has 0 aliphatic carbocycles. The number of piperazine rings is 1. The van der Waals surface area contributed by atoms with E-state index in [4.69, 9.17) is 14.2 Å². The summed E-state index contributed by atoms with van der Waals surface area (Å²) in [5, 5.41) is 3.06. The predicted octanol–water partition coefficient (Wildman–Crippen LogP) is 3.81. The highest BCUT2D eigenvalue weighted by Gasteiger charge is 2.36. The summed E-state index contributed by atoms with van der Waals surface area (Å²) in [6.07, 6.45) is 2.85. The van der Waals surface area contributed by atoms with Gasteiger partial charge in [0.05, 0.1) is 18.1 Å². The number of ether oxygens (including phenoxy) is 3. The van der Waals surface area contributed by atoms with Gasteiger partial charge in [0.25, 0.3) is 11.9 Å². The molecule has 49 heavy (non-hydrogen) atoms. The Hall–Kier alpha value is -4.36. The Labute approximate surface area is 286 Å². The van der Waals surface area contributed by atoms with Gasteiger partial charge in [-0.2, -0.15) is 4.98 Å². The third-order valence-corrected chi connectivity index (χ3v) is 10.6. The van der Waals surface area contributed by atoms with Gasteiger partial charge in [-0.1, -0.05) is 24.3 Å². The minimum atomic E-state index is -0.979. The molecule has 4 aliphatic heterocycles. The molecule has 5 heterocycles.